The fourth-order valence-electron chi connectivity index (χ4n) is 1.40. The van der Waals surface area contributed by atoms with Crippen molar-refractivity contribution >= 4 is 11.6 Å². The van der Waals surface area contributed by atoms with Gasteiger partial charge in [0.25, 0.3) is 0 Å². The van der Waals surface area contributed by atoms with E-state index < -0.39 is 11.9 Å². The average molecular weight is 233 g/mol. The van der Waals surface area contributed by atoms with Crippen molar-refractivity contribution in [3.05, 3.63) is 34.6 Å². The highest BCUT2D eigenvalue weighted by atomic mass is 35.5. The SMILES string of the molecule is COCC(C)C(O)c1ccc(Cl)cc1F. The molecule has 1 rings (SSSR count). The van der Waals surface area contributed by atoms with Crippen LogP contribution in [0.4, 0.5) is 4.39 Å². The smallest absolute Gasteiger partial charge is 0.130 e. The van der Waals surface area contributed by atoms with Gasteiger partial charge in [-0.25, -0.2) is 4.39 Å². The molecular weight excluding hydrogens is 219 g/mol. The van der Waals surface area contributed by atoms with E-state index in [1.807, 2.05) is 0 Å². The van der Waals surface area contributed by atoms with E-state index in [1.165, 1.54) is 12.1 Å². The van der Waals surface area contributed by atoms with Crippen molar-refractivity contribution < 1.29 is 14.2 Å². The van der Waals surface area contributed by atoms with Crippen molar-refractivity contribution in [1.82, 2.24) is 0 Å². The number of methoxy groups -OCH3 is 1. The summed E-state index contributed by atoms with van der Waals surface area (Å²) in [6.45, 7) is 2.17. The van der Waals surface area contributed by atoms with Crippen LogP contribution in [-0.4, -0.2) is 18.8 Å². The Balaban J connectivity index is 2.86. The highest BCUT2D eigenvalue weighted by Crippen LogP contribution is 2.26. The number of ether oxygens (including phenoxy) is 1. The van der Waals surface area contributed by atoms with Crippen LogP contribution in [0.1, 0.15) is 18.6 Å². The maximum atomic E-state index is 13.4. The first kappa shape index (κ1) is 12.4. The van der Waals surface area contributed by atoms with Crippen molar-refractivity contribution in [3.8, 4) is 0 Å². The molecule has 4 heteroatoms. The molecule has 1 aromatic rings. The van der Waals surface area contributed by atoms with Gasteiger partial charge >= 0.3 is 0 Å². The van der Waals surface area contributed by atoms with Crippen molar-refractivity contribution in [2.75, 3.05) is 13.7 Å². The zero-order valence-electron chi connectivity index (χ0n) is 8.71. The van der Waals surface area contributed by atoms with E-state index in [4.69, 9.17) is 16.3 Å². The Bertz CT molecular complexity index is 330. The molecule has 1 aromatic carbocycles. The Hall–Kier alpha value is -0.640. The molecule has 0 spiro atoms. The minimum Gasteiger partial charge on any atom is -0.388 e. The molecule has 2 unspecified atom stereocenters. The molecule has 0 radical (unpaired) electrons. The van der Waals surface area contributed by atoms with E-state index in [1.54, 1.807) is 20.1 Å². The minimum absolute atomic E-state index is 0.161. The summed E-state index contributed by atoms with van der Waals surface area (Å²) in [5.41, 5.74) is 0.254. The standard InChI is InChI=1S/C11H14ClFO2/c1-7(6-15-2)11(14)9-4-3-8(12)5-10(9)13/h3-5,7,11,14H,6H2,1-2H3. The monoisotopic (exact) mass is 232 g/mol. The van der Waals surface area contributed by atoms with Gasteiger partial charge in [-0.2, -0.15) is 0 Å². The lowest BCUT2D eigenvalue weighted by atomic mass is 9.98. The van der Waals surface area contributed by atoms with Gasteiger partial charge in [-0.15, -0.1) is 0 Å². The number of aliphatic hydroxyl groups excluding tert-OH is 1. The second-order valence-corrected chi connectivity index (χ2v) is 3.98. The van der Waals surface area contributed by atoms with Crippen LogP contribution in [0, 0.1) is 11.7 Å². The number of hydrogen-bond acceptors (Lipinski definition) is 2. The van der Waals surface area contributed by atoms with Crippen LogP contribution in [0.3, 0.4) is 0 Å². The first-order chi connectivity index (χ1) is 7.06. The van der Waals surface area contributed by atoms with Gasteiger partial charge in [0, 0.05) is 23.6 Å². The molecule has 0 aliphatic heterocycles. The van der Waals surface area contributed by atoms with Gasteiger partial charge in [-0.05, 0) is 12.1 Å². The summed E-state index contributed by atoms with van der Waals surface area (Å²) in [6, 6.07) is 4.25. The zero-order chi connectivity index (χ0) is 11.4. The van der Waals surface area contributed by atoms with Crippen LogP contribution in [0.2, 0.25) is 5.02 Å². The quantitative estimate of drug-likeness (QED) is 0.865. The Morgan fingerprint density at radius 2 is 2.20 bits per heavy atom. The summed E-state index contributed by atoms with van der Waals surface area (Å²) >= 11 is 5.62. The fraction of sp³-hybridized carbons (Fsp3) is 0.455. The molecule has 0 fully saturated rings. The maximum absolute atomic E-state index is 13.4. The first-order valence-electron chi connectivity index (χ1n) is 4.68. The molecule has 0 aliphatic carbocycles. The number of rotatable bonds is 4. The lowest BCUT2D eigenvalue weighted by molar-refractivity contribution is 0.0545. The van der Waals surface area contributed by atoms with Crippen molar-refractivity contribution in [2.24, 2.45) is 5.92 Å². The highest BCUT2D eigenvalue weighted by molar-refractivity contribution is 6.30. The molecule has 0 aromatic heterocycles. The number of benzene rings is 1. The summed E-state index contributed by atoms with van der Waals surface area (Å²) in [5.74, 6) is -0.649. The summed E-state index contributed by atoms with van der Waals surface area (Å²) in [5, 5.41) is 10.2. The predicted octanol–water partition coefficient (Wildman–Crippen LogP) is 2.80. The van der Waals surface area contributed by atoms with E-state index >= 15 is 0 Å². The summed E-state index contributed by atoms with van der Waals surface area (Å²) in [7, 11) is 1.54. The van der Waals surface area contributed by atoms with Crippen molar-refractivity contribution in [3.63, 3.8) is 0 Å². The van der Waals surface area contributed by atoms with E-state index in [9.17, 15) is 9.50 Å². The van der Waals surface area contributed by atoms with Crippen LogP contribution in [0.5, 0.6) is 0 Å². The van der Waals surface area contributed by atoms with Gasteiger partial charge in [-0.1, -0.05) is 24.6 Å². The molecule has 0 saturated heterocycles. The number of hydrogen-bond donors (Lipinski definition) is 1. The Labute approximate surface area is 93.6 Å². The number of halogens is 2. The van der Waals surface area contributed by atoms with Gasteiger partial charge < -0.3 is 9.84 Å². The molecule has 15 heavy (non-hydrogen) atoms. The van der Waals surface area contributed by atoms with Crippen molar-refractivity contribution in [1.29, 1.82) is 0 Å². The normalized spacial score (nSPS) is 15.0. The van der Waals surface area contributed by atoms with E-state index in [0.29, 0.717) is 11.6 Å². The van der Waals surface area contributed by atoms with Crippen LogP contribution >= 0.6 is 11.6 Å². The number of aliphatic hydroxyl groups is 1. The molecule has 0 amide bonds. The molecule has 0 aliphatic rings. The first-order valence-corrected chi connectivity index (χ1v) is 5.06. The third kappa shape index (κ3) is 3.16. The fourth-order valence-corrected chi connectivity index (χ4v) is 1.56. The molecule has 0 heterocycles. The second kappa shape index (κ2) is 5.45. The van der Waals surface area contributed by atoms with Crippen LogP contribution < -0.4 is 0 Å². The minimum atomic E-state index is -0.873. The molecule has 84 valence electrons. The van der Waals surface area contributed by atoms with Gasteiger partial charge in [0.2, 0.25) is 0 Å². The lowest BCUT2D eigenvalue weighted by Gasteiger charge is -2.18. The second-order valence-electron chi connectivity index (χ2n) is 3.54. The van der Waals surface area contributed by atoms with Crippen molar-refractivity contribution in [2.45, 2.75) is 13.0 Å². The molecule has 0 bridgehead atoms. The average Bonchev–Trinajstić information content (AvgIpc) is 2.17. The largest absolute Gasteiger partial charge is 0.388 e. The van der Waals surface area contributed by atoms with Crippen LogP contribution in [0.25, 0.3) is 0 Å². The van der Waals surface area contributed by atoms with Gasteiger partial charge in [0.1, 0.15) is 5.82 Å². The lowest BCUT2D eigenvalue weighted by Crippen LogP contribution is -2.15. The molecule has 2 atom stereocenters. The molecule has 2 nitrogen and oxygen atoms in total. The summed E-state index contributed by atoms with van der Waals surface area (Å²) in [4.78, 5) is 0. The van der Waals surface area contributed by atoms with Gasteiger partial charge in [0.15, 0.2) is 0 Å². The molecular formula is C11H14ClFO2. The maximum Gasteiger partial charge on any atom is 0.130 e. The predicted molar refractivity (Wildman–Crippen MR) is 57.4 cm³/mol. The third-order valence-electron chi connectivity index (χ3n) is 2.25. The Kier molecular flexibility index (Phi) is 4.51. The highest BCUT2D eigenvalue weighted by Gasteiger charge is 2.19. The van der Waals surface area contributed by atoms with Gasteiger partial charge in [0.05, 0.1) is 12.7 Å². The van der Waals surface area contributed by atoms with E-state index in [2.05, 4.69) is 0 Å². The zero-order valence-corrected chi connectivity index (χ0v) is 9.46. The summed E-state index contributed by atoms with van der Waals surface area (Å²) in [6.07, 6.45) is -0.873. The summed E-state index contributed by atoms with van der Waals surface area (Å²) < 4.78 is 18.3. The van der Waals surface area contributed by atoms with Gasteiger partial charge in [-0.3, -0.25) is 0 Å². The van der Waals surface area contributed by atoms with Crippen LogP contribution in [0.15, 0.2) is 18.2 Å². The van der Waals surface area contributed by atoms with Crippen LogP contribution in [-0.2, 0) is 4.74 Å². The Morgan fingerprint density at radius 3 is 2.73 bits per heavy atom. The molecule has 0 saturated carbocycles. The third-order valence-corrected chi connectivity index (χ3v) is 2.48. The molecule has 1 N–H and O–H groups in total. The topological polar surface area (TPSA) is 29.5 Å². The van der Waals surface area contributed by atoms with E-state index in [0.717, 1.165) is 0 Å². The Morgan fingerprint density at radius 1 is 1.53 bits per heavy atom. The van der Waals surface area contributed by atoms with E-state index in [-0.39, 0.29) is 11.5 Å².